The minimum absolute atomic E-state index is 0.148. The summed E-state index contributed by atoms with van der Waals surface area (Å²) < 4.78 is 0. The highest BCUT2D eigenvalue weighted by Gasteiger charge is 2.25. The summed E-state index contributed by atoms with van der Waals surface area (Å²) in [6.07, 6.45) is 0.166. The third-order valence-electron chi connectivity index (χ3n) is 4.54. The fourth-order valence-corrected chi connectivity index (χ4v) is 3.66. The van der Waals surface area contributed by atoms with Gasteiger partial charge in [-0.3, -0.25) is 25.2 Å². The third-order valence-corrected chi connectivity index (χ3v) is 5.41. The summed E-state index contributed by atoms with van der Waals surface area (Å²) in [5.74, 6) is -1.25. The van der Waals surface area contributed by atoms with Crippen molar-refractivity contribution in [3.63, 3.8) is 0 Å². The van der Waals surface area contributed by atoms with E-state index in [0.717, 1.165) is 16.3 Å². The average molecular weight is 410 g/mol. The van der Waals surface area contributed by atoms with Crippen molar-refractivity contribution >= 4 is 39.8 Å². The molecule has 0 aliphatic carbocycles. The van der Waals surface area contributed by atoms with Crippen molar-refractivity contribution in [1.82, 2.24) is 16.2 Å². The van der Waals surface area contributed by atoms with E-state index in [1.807, 2.05) is 56.3 Å². The lowest BCUT2D eigenvalue weighted by Crippen LogP contribution is -2.54. The van der Waals surface area contributed by atoms with Gasteiger partial charge in [0.05, 0.1) is 11.3 Å². The summed E-state index contributed by atoms with van der Waals surface area (Å²) in [5.41, 5.74) is 5.69. The molecule has 29 heavy (non-hydrogen) atoms. The number of nitrogens with one attached hydrogen (secondary N) is 3. The average Bonchev–Trinajstić information content (AvgIpc) is 3.25. The lowest BCUT2D eigenvalue weighted by atomic mass is 10.0. The van der Waals surface area contributed by atoms with Crippen molar-refractivity contribution in [1.29, 1.82) is 0 Å². The van der Waals surface area contributed by atoms with Crippen LogP contribution in [0.15, 0.2) is 60.0 Å². The van der Waals surface area contributed by atoms with Crippen LogP contribution < -0.4 is 16.2 Å². The standard InChI is InChI=1S/C22H23N3O3S/c1-14(2)20(22(28)25-24-21(27)18-11-6-12-29-18)23-19(26)13-16-9-5-8-15-7-3-4-10-17(15)16/h3-12,14,20H,13H2,1-2H3,(H,23,26)(H,24,27)(H,25,28)/t20-/m0/s1. The van der Waals surface area contributed by atoms with Crippen LogP contribution >= 0.6 is 11.3 Å². The molecule has 0 spiro atoms. The largest absolute Gasteiger partial charge is 0.344 e. The zero-order chi connectivity index (χ0) is 20.8. The van der Waals surface area contributed by atoms with E-state index >= 15 is 0 Å². The highest BCUT2D eigenvalue weighted by molar-refractivity contribution is 7.12. The summed E-state index contributed by atoms with van der Waals surface area (Å²) in [6, 6.07) is 16.3. The van der Waals surface area contributed by atoms with Crippen molar-refractivity contribution in [2.45, 2.75) is 26.3 Å². The van der Waals surface area contributed by atoms with E-state index < -0.39 is 17.9 Å². The van der Waals surface area contributed by atoms with E-state index in [0.29, 0.717) is 4.88 Å². The van der Waals surface area contributed by atoms with E-state index in [4.69, 9.17) is 0 Å². The van der Waals surface area contributed by atoms with E-state index in [2.05, 4.69) is 16.2 Å². The number of thiophene rings is 1. The number of carbonyl (C=O) groups is 3. The number of benzene rings is 2. The van der Waals surface area contributed by atoms with E-state index in [9.17, 15) is 14.4 Å². The summed E-state index contributed by atoms with van der Waals surface area (Å²) in [5, 5.41) is 6.64. The molecule has 0 fully saturated rings. The van der Waals surface area contributed by atoms with E-state index in [1.54, 1.807) is 17.5 Å². The molecule has 6 nitrogen and oxygen atoms in total. The Morgan fingerprint density at radius 1 is 0.931 bits per heavy atom. The Kier molecular flexibility index (Phi) is 6.61. The van der Waals surface area contributed by atoms with Gasteiger partial charge in [0.25, 0.3) is 11.8 Å². The van der Waals surface area contributed by atoms with Crippen molar-refractivity contribution in [3.8, 4) is 0 Å². The topological polar surface area (TPSA) is 87.3 Å². The maximum absolute atomic E-state index is 12.6. The second-order valence-electron chi connectivity index (χ2n) is 7.02. The minimum Gasteiger partial charge on any atom is -0.344 e. The van der Waals surface area contributed by atoms with Gasteiger partial charge >= 0.3 is 0 Å². The molecule has 0 aliphatic heterocycles. The van der Waals surface area contributed by atoms with Crippen LogP contribution in [0.2, 0.25) is 0 Å². The molecule has 3 rings (SSSR count). The lowest BCUT2D eigenvalue weighted by Gasteiger charge is -2.22. The Bertz CT molecular complexity index is 1010. The van der Waals surface area contributed by atoms with E-state index in [-0.39, 0.29) is 18.2 Å². The number of fused-ring (bicyclic) bond motifs is 1. The molecule has 0 unspecified atom stereocenters. The molecule has 2 aromatic carbocycles. The van der Waals surface area contributed by atoms with Crippen molar-refractivity contribution < 1.29 is 14.4 Å². The van der Waals surface area contributed by atoms with Crippen LogP contribution in [-0.2, 0) is 16.0 Å². The van der Waals surface area contributed by atoms with Crippen molar-refractivity contribution in [3.05, 3.63) is 70.4 Å². The van der Waals surface area contributed by atoms with Gasteiger partial charge in [-0.2, -0.15) is 0 Å². The first-order valence-electron chi connectivity index (χ1n) is 9.35. The molecule has 150 valence electrons. The third kappa shape index (κ3) is 5.20. The first kappa shape index (κ1) is 20.5. The monoisotopic (exact) mass is 409 g/mol. The van der Waals surface area contributed by atoms with Gasteiger partial charge in [0, 0.05) is 0 Å². The van der Waals surface area contributed by atoms with Crippen molar-refractivity contribution in [2.75, 3.05) is 0 Å². The number of hydrazine groups is 1. The first-order valence-corrected chi connectivity index (χ1v) is 10.2. The summed E-state index contributed by atoms with van der Waals surface area (Å²) in [6.45, 7) is 3.67. The van der Waals surface area contributed by atoms with Crippen LogP contribution in [0, 0.1) is 5.92 Å². The molecule has 3 N–H and O–H groups in total. The Morgan fingerprint density at radius 2 is 1.69 bits per heavy atom. The molecular weight excluding hydrogens is 386 g/mol. The maximum Gasteiger partial charge on any atom is 0.279 e. The van der Waals surface area contributed by atoms with Crippen LogP contribution in [-0.4, -0.2) is 23.8 Å². The van der Waals surface area contributed by atoms with Crippen molar-refractivity contribution in [2.24, 2.45) is 5.92 Å². The molecule has 0 bridgehead atoms. The molecule has 0 aliphatic rings. The molecule has 0 saturated heterocycles. The zero-order valence-electron chi connectivity index (χ0n) is 16.3. The Balaban J connectivity index is 1.62. The van der Waals surface area contributed by atoms with Gasteiger partial charge in [0.2, 0.25) is 5.91 Å². The quantitative estimate of drug-likeness (QED) is 0.547. The van der Waals surface area contributed by atoms with Gasteiger partial charge in [-0.15, -0.1) is 11.3 Å². The van der Waals surface area contributed by atoms with Crippen LogP contribution in [0.1, 0.15) is 29.1 Å². The molecule has 7 heteroatoms. The highest BCUT2D eigenvalue weighted by atomic mass is 32.1. The van der Waals surface area contributed by atoms with Gasteiger partial charge in [-0.1, -0.05) is 62.4 Å². The Labute approximate surface area is 173 Å². The zero-order valence-corrected chi connectivity index (χ0v) is 17.1. The Hall–Kier alpha value is -3.19. The minimum atomic E-state index is -0.763. The molecule has 0 radical (unpaired) electrons. The lowest BCUT2D eigenvalue weighted by molar-refractivity contribution is -0.130. The van der Waals surface area contributed by atoms with Gasteiger partial charge in [-0.25, -0.2) is 0 Å². The molecule has 1 aromatic heterocycles. The van der Waals surface area contributed by atoms with Crippen LogP contribution in [0.5, 0.6) is 0 Å². The van der Waals surface area contributed by atoms with Gasteiger partial charge < -0.3 is 5.32 Å². The molecular formula is C22H23N3O3S. The molecule has 3 amide bonds. The van der Waals surface area contributed by atoms with E-state index in [1.165, 1.54) is 11.3 Å². The van der Waals surface area contributed by atoms with Gasteiger partial charge in [0.15, 0.2) is 0 Å². The van der Waals surface area contributed by atoms with Crippen LogP contribution in [0.25, 0.3) is 10.8 Å². The Morgan fingerprint density at radius 3 is 2.41 bits per heavy atom. The number of amides is 3. The normalized spacial score (nSPS) is 11.8. The second kappa shape index (κ2) is 9.34. The predicted molar refractivity (Wildman–Crippen MR) is 114 cm³/mol. The molecule has 1 atom stereocenters. The summed E-state index contributed by atoms with van der Waals surface area (Å²) >= 11 is 1.28. The number of rotatable bonds is 6. The predicted octanol–water partition coefficient (Wildman–Crippen LogP) is 3.05. The molecule has 3 aromatic rings. The van der Waals surface area contributed by atoms with Gasteiger partial charge in [-0.05, 0) is 33.7 Å². The fourth-order valence-electron chi connectivity index (χ4n) is 3.04. The number of hydrogen-bond acceptors (Lipinski definition) is 4. The number of hydrogen-bond donors (Lipinski definition) is 3. The molecule has 1 heterocycles. The van der Waals surface area contributed by atoms with Crippen LogP contribution in [0.4, 0.5) is 0 Å². The smallest absolute Gasteiger partial charge is 0.279 e. The summed E-state index contributed by atoms with van der Waals surface area (Å²) in [7, 11) is 0. The number of carbonyl (C=O) groups excluding carboxylic acids is 3. The summed E-state index contributed by atoms with van der Waals surface area (Å²) in [4.78, 5) is 37.6. The fraction of sp³-hybridized carbons (Fsp3) is 0.227. The highest BCUT2D eigenvalue weighted by Crippen LogP contribution is 2.19. The maximum atomic E-state index is 12.6. The second-order valence-corrected chi connectivity index (χ2v) is 7.97. The molecule has 0 saturated carbocycles. The SMILES string of the molecule is CC(C)[C@H](NC(=O)Cc1cccc2ccccc12)C(=O)NNC(=O)c1cccs1. The van der Waals surface area contributed by atoms with Crippen LogP contribution in [0.3, 0.4) is 0 Å². The van der Waals surface area contributed by atoms with Gasteiger partial charge in [0.1, 0.15) is 6.04 Å². The first-order chi connectivity index (χ1) is 14.0.